The van der Waals surface area contributed by atoms with Gasteiger partial charge in [0, 0.05) is 37.6 Å². The van der Waals surface area contributed by atoms with Crippen LogP contribution in [0.15, 0.2) is 54.9 Å². The molecule has 1 N–H and O–H groups in total. The number of rotatable bonds is 5. The Morgan fingerprint density at radius 2 is 2.04 bits per heavy atom. The van der Waals surface area contributed by atoms with Crippen molar-refractivity contribution in [1.29, 1.82) is 0 Å². The molecule has 122 valence electrons. The van der Waals surface area contributed by atoms with Crippen molar-refractivity contribution in [3.63, 3.8) is 0 Å². The molecule has 0 atom stereocenters. The molecule has 6 heteroatoms. The number of nitrogens with zero attached hydrogens (tertiary/aromatic N) is 3. The van der Waals surface area contributed by atoms with Crippen LogP contribution in [0.3, 0.4) is 0 Å². The van der Waals surface area contributed by atoms with E-state index in [2.05, 4.69) is 15.2 Å². The largest absolute Gasteiger partial charge is 0.483 e. The van der Waals surface area contributed by atoms with E-state index in [1.54, 1.807) is 26.5 Å². The number of benzene rings is 1. The average molecular weight is 322 g/mol. The molecule has 0 spiro atoms. The van der Waals surface area contributed by atoms with Crippen molar-refractivity contribution in [2.75, 3.05) is 20.7 Å². The van der Waals surface area contributed by atoms with Gasteiger partial charge in [-0.1, -0.05) is 12.1 Å². The van der Waals surface area contributed by atoms with Gasteiger partial charge in [-0.2, -0.15) is 5.10 Å². The normalized spacial score (nSPS) is 10.4. The first-order chi connectivity index (χ1) is 11.6. The molecule has 0 saturated carbocycles. The highest BCUT2D eigenvalue weighted by Gasteiger charge is 2.12. The van der Waals surface area contributed by atoms with Crippen LogP contribution < -0.4 is 4.74 Å². The highest BCUT2D eigenvalue weighted by molar-refractivity contribution is 5.78. The summed E-state index contributed by atoms with van der Waals surface area (Å²) in [6.07, 6.45) is 3.49. The number of amides is 1. The minimum absolute atomic E-state index is 0.00634. The van der Waals surface area contributed by atoms with Crippen LogP contribution in [-0.4, -0.2) is 46.7 Å². The Morgan fingerprint density at radius 1 is 1.21 bits per heavy atom. The first kappa shape index (κ1) is 15.7. The summed E-state index contributed by atoms with van der Waals surface area (Å²) in [6, 6.07) is 13.3. The minimum Gasteiger partial charge on any atom is -0.483 e. The summed E-state index contributed by atoms with van der Waals surface area (Å²) in [5.74, 6) is 0.541. The molecular formula is C18H18N4O2. The summed E-state index contributed by atoms with van der Waals surface area (Å²) in [4.78, 5) is 17.3. The predicted octanol–water partition coefficient (Wildman–Crippen LogP) is 2.61. The van der Waals surface area contributed by atoms with Gasteiger partial charge in [-0.25, -0.2) is 0 Å². The number of hydrogen-bond acceptors (Lipinski definition) is 4. The number of likely N-dealkylation sites (N-methyl/N-ethyl adjacent to an activating group) is 1. The first-order valence-corrected chi connectivity index (χ1v) is 7.53. The fourth-order valence-corrected chi connectivity index (χ4v) is 2.21. The number of para-hydroxylation sites is 1. The van der Waals surface area contributed by atoms with Crippen molar-refractivity contribution >= 4 is 5.91 Å². The number of nitrogens with one attached hydrogen (secondary N) is 1. The van der Waals surface area contributed by atoms with E-state index in [9.17, 15) is 4.79 Å². The van der Waals surface area contributed by atoms with Crippen LogP contribution in [-0.2, 0) is 4.79 Å². The van der Waals surface area contributed by atoms with Crippen molar-refractivity contribution in [3.05, 3.63) is 54.9 Å². The third-order valence-corrected chi connectivity index (χ3v) is 3.56. The van der Waals surface area contributed by atoms with Crippen LogP contribution in [0, 0.1) is 0 Å². The number of H-pyrrole nitrogens is 1. The van der Waals surface area contributed by atoms with Crippen LogP contribution in [0.5, 0.6) is 5.75 Å². The molecule has 1 aromatic carbocycles. The highest BCUT2D eigenvalue weighted by atomic mass is 16.5. The maximum Gasteiger partial charge on any atom is 0.259 e. The minimum atomic E-state index is -0.0922. The number of aromatic nitrogens is 3. The second-order valence-corrected chi connectivity index (χ2v) is 5.48. The van der Waals surface area contributed by atoms with Gasteiger partial charge in [-0.15, -0.1) is 0 Å². The zero-order valence-electron chi connectivity index (χ0n) is 13.6. The molecule has 24 heavy (non-hydrogen) atoms. The van der Waals surface area contributed by atoms with Crippen LogP contribution in [0.2, 0.25) is 0 Å². The van der Waals surface area contributed by atoms with Gasteiger partial charge >= 0.3 is 0 Å². The van der Waals surface area contributed by atoms with E-state index in [1.807, 2.05) is 42.5 Å². The van der Waals surface area contributed by atoms with Crippen molar-refractivity contribution in [3.8, 4) is 28.3 Å². The summed E-state index contributed by atoms with van der Waals surface area (Å²) >= 11 is 0. The standard InChI is InChI=1S/C18H18N4O2/c1-22(2)18(23)12-24-17-8-4-3-7-14(17)16-10-15(20-21-16)13-6-5-9-19-11-13/h3-11H,12H2,1-2H3,(H,20,21). The predicted molar refractivity (Wildman–Crippen MR) is 91.4 cm³/mol. The molecule has 0 radical (unpaired) electrons. The Balaban J connectivity index is 1.85. The van der Waals surface area contributed by atoms with Crippen LogP contribution in [0.1, 0.15) is 0 Å². The number of aromatic amines is 1. The number of ether oxygens (including phenoxy) is 1. The van der Waals surface area contributed by atoms with Gasteiger partial charge in [0.2, 0.25) is 0 Å². The zero-order chi connectivity index (χ0) is 16.9. The van der Waals surface area contributed by atoms with Crippen molar-refractivity contribution in [1.82, 2.24) is 20.1 Å². The van der Waals surface area contributed by atoms with Gasteiger partial charge in [-0.05, 0) is 30.3 Å². The molecular weight excluding hydrogens is 304 g/mol. The van der Waals surface area contributed by atoms with Crippen LogP contribution in [0.25, 0.3) is 22.5 Å². The average Bonchev–Trinajstić information content (AvgIpc) is 3.10. The van der Waals surface area contributed by atoms with E-state index in [4.69, 9.17) is 4.74 Å². The molecule has 0 aliphatic heterocycles. The molecule has 0 aliphatic carbocycles. The highest BCUT2D eigenvalue weighted by Crippen LogP contribution is 2.30. The molecule has 0 aliphatic rings. The topological polar surface area (TPSA) is 71.1 Å². The molecule has 2 aromatic heterocycles. The number of pyridine rings is 1. The smallest absolute Gasteiger partial charge is 0.259 e. The van der Waals surface area contributed by atoms with Gasteiger partial charge in [0.25, 0.3) is 5.91 Å². The van der Waals surface area contributed by atoms with E-state index in [-0.39, 0.29) is 12.5 Å². The van der Waals surface area contributed by atoms with Crippen molar-refractivity contribution in [2.24, 2.45) is 0 Å². The molecule has 2 heterocycles. The zero-order valence-corrected chi connectivity index (χ0v) is 13.6. The molecule has 1 amide bonds. The Kier molecular flexibility index (Phi) is 4.56. The van der Waals surface area contributed by atoms with Gasteiger partial charge in [0.05, 0.1) is 11.4 Å². The summed E-state index contributed by atoms with van der Waals surface area (Å²) < 4.78 is 5.68. The molecule has 3 rings (SSSR count). The van der Waals surface area contributed by atoms with Crippen LogP contribution >= 0.6 is 0 Å². The third-order valence-electron chi connectivity index (χ3n) is 3.56. The number of carbonyl (C=O) groups is 1. The number of carbonyl (C=O) groups excluding carboxylic acids is 1. The molecule has 3 aromatic rings. The van der Waals surface area contributed by atoms with Crippen molar-refractivity contribution < 1.29 is 9.53 Å². The Hall–Kier alpha value is -3.15. The van der Waals surface area contributed by atoms with Crippen molar-refractivity contribution in [2.45, 2.75) is 0 Å². The molecule has 0 fully saturated rings. The monoisotopic (exact) mass is 322 g/mol. The lowest BCUT2D eigenvalue weighted by molar-refractivity contribution is -0.130. The van der Waals surface area contributed by atoms with E-state index < -0.39 is 0 Å². The quantitative estimate of drug-likeness (QED) is 0.784. The molecule has 6 nitrogen and oxygen atoms in total. The lowest BCUT2D eigenvalue weighted by Crippen LogP contribution is -2.27. The summed E-state index contributed by atoms with van der Waals surface area (Å²) in [5.41, 5.74) is 3.41. The number of hydrogen-bond donors (Lipinski definition) is 1. The summed E-state index contributed by atoms with van der Waals surface area (Å²) in [5, 5.41) is 7.35. The SMILES string of the molecule is CN(C)C(=O)COc1ccccc1-c1cc(-c2cccnc2)n[nH]1. The van der Waals surface area contributed by atoms with E-state index >= 15 is 0 Å². The van der Waals surface area contributed by atoms with Gasteiger partial charge in [0.1, 0.15) is 5.75 Å². The third kappa shape index (κ3) is 3.43. The Labute approximate surface area is 140 Å². The Bertz CT molecular complexity index is 828. The van der Waals surface area contributed by atoms with E-state index in [1.165, 1.54) is 4.90 Å². The van der Waals surface area contributed by atoms with Gasteiger partial charge < -0.3 is 9.64 Å². The van der Waals surface area contributed by atoms with Gasteiger partial charge in [-0.3, -0.25) is 14.9 Å². The lowest BCUT2D eigenvalue weighted by Gasteiger charge is -2.13. The van der Waals surface area contributed by atoms with Crippen LogP contribution in [0.4, 0.5) is 0 Å². The summed E-state index contributed by atoms with van der Waals surface area (Å²) in [6.45, 7) is -0.00634. The first-order valence-electron chi connectivity index (χ1n) is 7.53. The second kappa shape index (κ2) is 6.95. The maximum absolute atomic E-state index is 11.7. The Morgan fingerprint density at radius 3 is 2.79 bits per heavy atom. The summed E-state index contributed by atoms with van der Waals surface area (Å²) in [7, 11) is 3.40. The molecule has 0 unspecified atom stereocenters. The fraction of sp³-hybridized carbons (Fsp3) is 0.167. The van der Waals surface area contributed by atoms with E-state index in [0.717, 1.165) is 22.5 Å². The fourth-order valence-electron chi connectivity index (χ4n) is 2.21. The maximum atomic E-state index is 11.7. The lowest BCUT2D eigenvalue weighted by atomic mass is 10.1. The molecule has 0 saturated heterocycles. The second-order valence-electron chi connectivity index (χ2n) is 5.48. The van der Waals surface area contributed by atoms with Gasteiger partial charge in [0.15, 0.2) is 6.61 Å². The molecule has 0 bridgehead atoms. The van der Waals surface area contributed by atoms with E-state index in [0.29, 0.717) is 5.75 Å².